The molecule has 3 aromatic carbocycles. The van der Waals surface area contributed by atoms with E-state index in [1.807, 2.05) is 49.4 Å². The summed E-state index contributed by atoms with van der Waals surface area (Å²) in [4.78, 5) is 15.5. The van der Waals surface area contributed by atoms with Gasteiger partial charge >= 0.3 is 5.63 Å². The Bertz CT molecular complexity index is 1390. The average molecular weight is 438 g/mol. The van der Waals surface area contributed by atoms with Crippen molar-refractivity contribution in [2.45, 2.75) is 45.2 Å². The molecule has 2 aliphatic rings. The normalized spacial score (nSPS) is 17.9. The number of hydrogen-bond acceptors (Lipinski definition) is 4. The predicted octanol–water partition coefficient (Wildman–Crippen LogP) is 5.92. The van der Waals surface area contributed by atoms with Crippen molar-refractivity contribution in [1.29, 1.82) is 0 Å². The molecule has 0 N–H and O–H groups in total. The average Bonchev–Trinajstić information content (AvgIpc) is 2.86. The summed E-state index contributed by atoms with van der Waals surface area (Å²) in [5.41, 5.74) is 7.06. The maximum atomic E-state index is 13.1. The summed E-state index contributed by atoms with van der Waals surface area (Å²) >= 11 is 0. The fourth-order valence-corrected chi connectivity index (χ4v) is 5.49. The van der Waals surface area contributed by atoms with Gasteiger partial charge in [-0.05, 0) is 60.6 Å². The van der Waals surface area contributed by atoms with E-state index in [-0.39, 0.29) is 5.63 Å². The van der Waals surface area contributed by atoms with Crippen LogP contribution in [-0.4, -0.2) is 11.6 Å². The van der Waals surface area contributed by atoms with Gasteiger partial charge in [0, 0.05) is 30.0 Å². The fourth-order valence-electron chi connectivity index (χ4n) is 5.49. The van der Waals surface area contributed by atoms with Crippen LogP contribution in [0.3, 0.4) is 0 Å². The van der Waals surface area contributed by atoms with Crippen molar-refractivity contribution in [2.75, 3.05) is 6.73 Å². The standard InChI is InChI=1S/C29H27NO3/c1-19-22-14-15-27-25(28(22)33-29(31)24(19)16-20-8-3-2-4-9-20)17-30(18-32-27)26-13-7-11-21-10-5-6-12-23(21)26/h2-6,8-10,12,14-15,26H,7,11,13,16-18H2,1H3. The van der Waals surface area contributed by atoms with Crippen LogP contribution in [0.15, 0.2) is 75.9 Å². The quantitative estimate of drug-likeness (QED) is 0.373. The minimum absolute atomic E-state index is 0.252. The van der Waals surface area contributed by atoms with Gasteiger partial charge in [0.25, 0.3) is 0 Å². The van der Waals surface area contributed by atoms with Gasteiger partial charge < -0.3 is 9.15 Å². The number of ether oxygens (including phenoxy) is 1. The van der Waals surface area contributed by atoms with Crippen molar-refractivity contribution in [1.82, 2.24) is 4.90 Å². The van der Waals surface area contributed by atoms with Crippen molar-refractivity contribution in [3.63, 3.8) is 0 Å². The first-order chi connectivity index (χ1) is 16.2. The second-order valence-corrected chi connectivity index (χ2v) is 9.20. The maximum Gasteiger partial charge on any atom is 0.340 e. The smallest absolute Gasteiger partial charge is 0.340 e. The van der Waals surface area contributed by atoms with Crippen LogP contribution in [0.5, 0.6) is 5.75 Å². The Kier molecular flexibility index (Phi) is 5.03. The van der Waals surface area contributed by atoms with Gasteiger partial charge in [-0.15, -0.1) is 0 Å². The van der Waals surface area contributed by atoms with Gasteiger partial charge in [-0.3, -0.25) is 4.90 Å². The van der Waals surface area contributed by atoms with Crippen LogP contribution in [0.2, 0.25) is 0 Å². The Morgan fingerprint density at radius 1 is 1.00 bits per heavy atom. The van der Waals surface area contributed by atoms with Crippen LogP contribution in [0.4, 0.5) is 0 Å². The zero-order valence-corrected chi connectivity index (χ0v) is 18.8. The van der Waals surface area contributed by atoms with Crippen LogP contribution in [-0.2, 0) is 19.4 Å². The lowest BCUT2D eigenvalue weighted by molar-refractivity contribution is 0.0482. The maximum absolute atomic E-state index is 13.1. The number of hydrogen-bond donors (Lipinski definition) is 0. The lowest BCUT2D eigenvalue weighted by Gasteiger charge is -2.38. The lowest BCUT2D eigenvalue weighted by atomic mass is 9.86. The molecule has 1 unspecified atom stereocenters. The van der Waals surface area contributed by atoms with E-state index in [2.05, 4.69) is 29.2 Å². The van der Waals surface area contributed by atoms with E-state index in [0.29, 0.717) is 31.3 Å². The number of rotatable bonds is 3. The molecular weight excluding hydrogens is 410 g/mol. The molecule has 6 rings (SSSR count). The molecule has 2 heterocycles. The van der Waals surface area contributed by atoms with Gasteiger partial charge in [-0.25, -0.2) is 4.79 Å². The molecule has 1 aliphatic heterocycles. The molecule has 0 bridgehead atoms. The van der Waals surface area contributed by atoms with Gasteiger partial charge in [-0.1, -0.05) is 54.6 Å². The second kappa shape index (κ2) is 8.20. The molecule has 33 heavy (non-hydrogen) atoms. The summed E-state index contributed by atoms with van der Waals surface area (Å²) in [7, 11) is 0. The molecule has 4 aromatic rings. The molecule has 1 atom stereocenters. The van der Waals surface area contributed by atoms with Crippen molar-refractivity contribution in [3.05, 3.63) is 111 Å². The summed E-state index contributed by atoms with van der Waals surface area (Å²) in [5.74, 6) is 0.821. The first-order valence-electron chi connectivity index (χ1n) is 11.8. The van der Waals surface area contributed by atoms with Crippen LogP contribution in [0.1, 0.15) is 52.3 Å². The van der Waals surface area contributed by atoms with Crippen LogP contribution in [0.25, 0.3) is 11.0 Å². The Morgan fingerprint density at radius 3 is 2.70 bits per heavy atom. The molecule has 0 saturated carbocycles. The predicted molar refractivity (Wildman–Crippen MR) is 130 cm³/mol. The molecule has 0 spiro atoms. The minimum atomic E-state index is -0.252. The summed E-state index contributed by atoms with van der Waals surface area (Å²) in [6, 6.07) is 23.2. The number of fused-ring (bicyclic) bond motifs is 4. The highest BCUT2D eigenvalue weighted by atomic mass is 16.5. The van der Waals surface area contributed by atoms with Crippen LogP contribution < -0.4 is 10.4 Å². The summed E-state index contributed by atoms with van der Waals surface area (Å²) < 4.78 is 12.2. The van der Waals surface area contributed by atoms with Crippen molar-refractivity contribution < 1.29 is 9.15 Å². The Hall–Kier alpha value is -3.37. The van der Waals surface area contributed by atoms with Crippen molar-refractivity contribution in [2.24, 2.45) is 0 Å². The zero-order valence-electron chi connectivity index (χ0n) is 18.8. The summed E-state index contributed by atoms with van der Waals surface area (Å²) in [6.45, 7) is 3.29. The lowest BCUT2D eigenvalue weighted by Crippen LogP contribution is -2.37. The molecule has 0 fully saturated rings. The third-order valence-corrected chi connectivity index (χ3v) is 7.26. The third kappa shape index (κ3) is 3.55. The molecule has 4 heteroatoms. The van der Waals surface area contributed by atoms with E-state index < -0.39 is 0 Å². The third-order valence-electron chi connectivity index (χ3n) is 7.26. The Labute approximate surface area is 193 Å². The second-order valence-electron chi connectivity index (χ2n) is 9.20. The topological polar surface area (TPSA) is 42.7 Å². The molecule has 1 aliphatic carbocycles. The van der Waals surface area contributed by atoms with E-state index in [4.69, 9.17) is 9.15 Å². The van der Waals surface area contributed by atoms with Gasteiger partial charge in [0.1, 0.15) is 18.1 Å². The Balaban J connectivity index is 1.39. The summed E-state index contributed by atoms with van der Waals surface area (Å²) in [6.07, 6.45) is 4.00. The molecule has 0 radical (unpaired) electrons. The molecular formula is C29H27NO3. The highest BCUT2D eigenvalue weighted by Gasteiger charge is 2.31. The van der Waals surface area contributed by atoms with Crippen LogP contribution >= 0.6 is 0 Å². The van der Waals surface area contributed by atoms with Crippen molar-refractivity contribution in [3.8, 4) is 5.75 Å². The minimum Gasteiger partial charge on any atom is -0.478 e. The number of nitrogens with zero attached hydrogens (tertiary/aromatic N) is 1. The largest absolute Gasteiger partial charge is 0.478 e. The summed E-state index contributed by atoms with van der Waals surface area (Å²) in [5, 5.41) is 0.994. The van der Waals surface area contributed by atoms with E-state index in [1.165, 1.54) is 17.5 Å². The molecule has 166 valence electrons. The highest BCUT2D eigenvalue weighted by Crippen LogP contribution is 2.40. The van der Waals surface area contributed by atoms with Gasteiger partial charge in [0.15, 0.2) is 0 Å². The van der Waals surface area contributed by atoms with Crippen molar-refractivity contribution >= 4 is 11.0 Å². The monoisotopic (exact) mass is 437 g/mol. The fraction of sp³-hybridized carbons (Fsp3) is 0.276. The number of benzene rings is 3. The van der Waals surface area contributed by atoms with E-state index in [0.717, 1.165) is 46.2 Å². The molecule has 4 nitrogen and oxygen atoms in total. The first kappa shape index (κ1) is 20.3. The van der Waals surface area contributed by atoms with E-state index >= 15 is 0 Å². The van der Waals surface area contributed by atoms with Gasteiger partial charge in [0.2, 0.25) is 0 Å². The van der Waals surface area contributed by atoms with Gasteiger partial charge in [-0.2, -0.15) is 0 Å². The molecule has 0 amide bonds. The first-order valence-corrected chi connectivity index (χ1v) is 11.8. The van der Waals surface area contributed by atoms with Crippen LogP contribution in [0, 0.1) is 6.92 Å². The van der Waals surface area contributed by atoms with E-state index in [1.54, 1.807) is 0 Å². The highest BCUT2D eigenvalue weighted by molar-refractivity contribution is 5.86. The van der Waals surface area contributed by atoms with E-state index in [9.17, 15) is 4.79 Å². The zero-order chi connectivity index (χ0) is 22.4. The molecule has 1 aromatic heterocycles. The van der Waals surface area contributed by atoms with Gasteiger partial charge in [0.05, 0.1) is 5.56 Å². The SMILES string of the molecule is Cc1c(Cc2ccccc2)c(=O)oc2c3c(ccc12)OCN(C1CCCc2ccccc21)C3. The number of aryl methyl sites for hydroxylation is 2. The molecule has 0 saturated heterocycles. The Morgan fingerprint density at radius 2 is 1.82 bits per heavy atom.